The predicted molar refractivity (Wildman–Crippen MR) is 58.3 cm³/mol. The van der Waals surface area contributed by atoms with Crippen LogP contribution in [0.3, 0.4) is 0 Å². The number of aromatic carboxylic acids is 1. The highest BCUT2D eigenvalue weighted by Crippen LogP contribution is 2.27. The first-order chi connectivity index (χ1) is 7.25. The maximum Gasteiger partial charge on any atom is 0.352 e. The number of hydrogen-bond acceptors (Lipinski definition) is 2. The van der Waals surface area contributed by atoms with Crippen molar-refractivity contribution < 1.29 is 9.90 Å². The van der Waals surface area contributed by atoms with Crippen molar-refractivity contribution in [2.45, 2.75) is 9.79 Å². The summed E-state index contributed by atoms with van der Waals surface area (Å²) >= 11 is 1.53. The summed E-state index contributed by atoms with van der Waals surface area (Å²) in [5, 5.41) is 8.72. The van der Waals surface area contributed by atoms with E-state index in [1.807, 2.05) is 30.3 Å². The summed E-state index contributed by atoms with van der Waals surface area (Å²) in [6.45, 7) is 0. The number of carbonyl (C=O) groups is 1. The first kappa shape index (κ1) is 9.86. The van der Waals surface area contributed by atoms with E-state index >= 15 is 0 Å². The van der Waals surface area contributed by atoms with Gasteiger partial charge in [-0.15, -0.1) is 0 Å². The Kier molecular flexibility index (Phi) is 2.78. The van der Waals surface area contributed by atoms with Gasteiger partial charge in [-0.2, -0.15) is 0 Å². The second kappa shape index (κ2) is 4.23. The van der Waals surface area contributed by atoms with Gasteiger partial charge in [0.1, 0.15) is 5.69 Å². The first-order valence-electron chi connectivity index (χ1n) is 4.40. The first-order valence-corrected chi connectivity index (χ1v) is 5.22. The van der Waals surface area contributed by atoms with Gasteiger partial charge in [-0.25, -0.2) is 4.79 Å². The molecule has 0 aliphatic rings. The number of carboxylic acids is 1. The highest BCUT2D eigenvalue weighted by molar-refractivity contribution is 7.99. The van der Waals surface area contributed by atoms with Crippen LogP contribution in [-0.2, 0) is 0 Å². The Morgan fingerprint density at radius 1 is 1.20 bits per heavy atom. The van der Waals surface area contributed by atoms with Gasteiger partial charge in [-0.05, 0) is 18.2 Å². The van der Waals surface area contributed by atoms with E-state index < -0.39 is 5.97 Å². The smallest absolute Gasteiger partial charge is 0.352 e. The number of carboxylic acid groups (broad SMARTS) is 1. The van der Waals surface area contributed by atoms with Gasteiger partial charge in [-0.3, -0.25) is 0 Å². The molecule has 3 nitrogen and oxygen atoms in total. The quantitative estimate of drug-likeness (QED) is 0.834. The SMILES string of the molecule is O=C(O)c1cc(Sc2ccccc2)c[nH]1. The third-order valence-corrected chi connectivity index (χ3v) is 2.85. The lowest BCUT2D eigenvalue weighted by Crippen LogP contribution is -1.94. The summed E-state index contributed by atoms with van der Waals surface area (Å²) < 4.78 is 0. The third kappa shape index (κ3) is 2.41. The molecule has 1 heterocycles. The van der Waals surface area contributed by atoms with Crippen LogP contribution in [0.15, 0.2) is 52.4 Å². The van der Waals surface area contributed by atoms with Crippen molar-refractivity contribution >= 4 is 17.7 Å². The zero-order valence-corrected chi connectivity index (χ0v) is 8.62. The van der Waals surface area contributed by atoms with E-state index in [9.17, 15) is 4.79 Å². The molecule has 15 heavy (non-hydrogen) atoms. The van der Waals surface area contributed by atoms with Gasteiger partial charge in [0.15, 0.2) is 0 Å². The topological polar surface area (TPSA) is 53.1 Å². The molecule has 0 saturated heterocycles. The van der Waals surface area contributed by atoms with Crippen LogP contribution in [0.2, 0.25) is 0 Å². The molecular formula is C11H9NO2S. The minimum Gasteiger partial charge on any atom is -0.477 e. The van der Waals surface area contributed by atoms with Gasteiger partial charge in [-0.1, -0.05) is 30.0 Å². The molecule has 0 bridgehead atoms. The Labute approximate surface area is 91.1 Å². The maximum absolute atomic E-state index is 10.6. The Morgan fingerprint density at radius 2 is 1.93 bits per heavy atom. The summed E-state index contributed by atoms with van der Waals surface area (Å²) in [7, 11) is 0. The average Bonchev–Trinajstić information content (AvgIpc) is 2.68. The monoisotopic (exact) mass is 219 g/mol. The highest BCUT2D eigenvalue weighted by Gasteiger charge is 2.06. The van der Waals surface area contributed by atoms with Crippen molar-refractivity contribution in [1.29, 1.82) is 0 Å². The average molecular weight is 219 g/mol. The van der Waals surface area contributed by atoms with E-state index in [1.54, 1.807) is 12.3 Å². The minimum atomic E-state index is -0.935. The van der Waals surface area contributed by atoms with E-state index in [2.05, 4.69) is 4.98 Å². The molecule has 0 aliphatic carbocycles. The van der Waals surface area contributed by atoms with Gasteiger partial charge in [0, 0.05) is 16.0 Å². The van der Waals surface area contributed by atoms with Crippen LogP contribution in [0.25, 0.3) is 0 Å². The summed E-state index contributed by atoms with van der Waals surface area (Å²) in [5.74, 6) is -0.935. The molecule has 1 aromatic carbocycles. The van der Waals surface area contributed by atoms with Gasteiger partial charge < -0.3 is 10.1 Å². The normalized spacial score (nSPS) is 10.1. The lowest BCUT2D eigenvalue weighted by molar-refractivity contribution is 0.0691. The maximum atomic E-state index is 10.6. The number of aromatic nitrogens is 1. The molecule has 2 aromatic rings. The molecule has 2 N–H and O–H groups in total. The zero-order valence-electron chi connectivity index (χ0n) is 7.81. The fourth-order valence-electron chi connectivity index (χ4n) is 1.18. The van der Waals surface area contributed by atoms with Crippen LogP contribution in [0.5, 0.6) is 0 Å². The van der Waals surface area contributed by atoms with Crippen molar-refractivity contribution in [2.75, 3.05) is 0 Å². The van der Waals surface area contributed by atoms with Crippen LogP contribution >= 0.6 is 11.8 Å². The third-order valence-electron chi connectivity index (χ3n) is 1.87. The van der Waals surface area contributed by atoms with Crippen molar-refractivity contribution in [2.24, 2.45) is 0 Å². The molecule has 1 aromatic heterocycles. The summed E-state index contributed by atoms with van der Waals surface area (Å²) in [4.78, 5) is 15.3. The number of benzene rings is 1. The lowest BCUT2D eigenvalue weighted by Gasteiger charge is -1.95. The molecule has 0 saturated carbocycles. The van der Waals surface area contributed by atoms with E-state index in [-0.39, 0.29) is 5.69 Å². The molecule has 0 aliphatic heterocycles. The zero-order chi connectivity index (χ0) is 10.7. The molecule has 0 radical (unpaired) electrons. The van der Waals surface area contributed by atoms with Gasteiger partial charge in [0.25, 0.3) is 0 Å². The molecule has 4 heteroatoms. The molecule has 0 unspecified atom stereocenters. The molecular weight excluding hydrogens is 210 g/mol. The largest absolute Gasteiger partial charge is 0.477 e. The number of H-pyrrole nitrogens is 1. The number of rotatable bonds is 3. The van der Waals surface area contributed by atoms with E-state index in [0.717, 1.165) is 9.79 Å². The van der Waals surface area contributed by atoms with Crippen LogP contribution < -0.4 is 0 Å². The predicted octanol–water partition coefficient (Wildman–Crippen LogP) is 2.86. The lowest BCUT2D eigenvalue weighted by atomic mass is 10.4. The summed E-state index contributed by atoms with van der Waals surface area (Å²) in [6.07, 6.45) is 1.70. The second-order valence-corrected chi connectivity index (χ2v) is 4.12. The molecule has 0 spiro atoms. The van der Waals surface area contributed by atoms with Crippen LogP contribution in [0.1, 0.15) is 10.5 Å². The van der Waals surface area contributed by atoms with Crippen LogP contribution in [0, 0.1) is 0 Å². The van der Waals surface area contributed by atoms with E-state index in [0.29, 0.717) is 0 Å². The molecule has 76 valence electrons. The second-order valence-electron chi connectivity index (χ2n) is 2.97. The fourth-order valence-corrected chi connectivity index (χ4v) is 2.04. The van der Waals surface area contributed by atoms with Crippen molar-refractivity contribution in [3.05, 3.63) is 48.3 Å². The van der Waals surface area contributed by atoms with Crippen molar-refractivity contribution in [3.63, 3.8) is 0 Å². The van der Waals surface area contributed by atoms with Gasteiger partial charge >= 0.3 is 5.97 Å². The molecule has 0 fully saturated rings. The Bertz CT molecular complexity index is 464. The Balaban J connectivity index is 2.15. The number of nitrogens with one attached hydrogen (secondary N) is 1. The van der Waals surface area contributed by atoms with E-state index in [1.165, 1.54) is 11.8 Å². The molecule has 0 amide bonds. The van der Waals surface area contributed by atoms with Gasteiger partial charge in [0.2, 0.25) is 0 Å². The van der Waals surface area contributed by atoms with Crippen LogP contribution in [0.4, 0.5) is 0 Å². The van der Waals surface area contributed by atoms with Crippen molar-refractivity contribution in [1.82, 2.24) is 4.98 Å². The fraction of sp³-hybridized carbons (Fsp3) is 0. The van der Waals surface area contributed by atoms with E-state index in [4.69, 9.17) is 5.11 Å². The van der Waals surface area contributed by atoms with Crippen molar-refractivity contribution in [3.8, 4) is 0 Å². The Hall–Kier alpha value is -1.68. The van der Waals surface area contributed by atoms with Gasteiger partial charge in [0.05, 0.1) is 0 Å². The molecule has 0 atom stereocenters. The standard InChI is InChI=1S/C11H9NO2S/c13-11(14)10-6-9(7-12-10)15-8-4-2-1-3-5-8/h1-7,12H,(H,13,14). The summed E-state index contributed by atoms with van der Waals surface area (Å²) in [5.41, 5.74) is 0.216. The number of hydrogen-bond donors (Lipinski definition) is 2. The summed E-state index contributed by atoms with van der Waals surface area (Å²) in [6, 6.07) is 11.4. The Morgan fingerprint density at radius 3 is 2.53 bits per heavy atom. The van der Waals surface area contributed by atoms with Crippen LogP contribution in [-0.4, -0.2) is 16.1 Å². The molecule has 2 rings (SSSR count). The number of aromatic amines is 1. The minimum absolute atomic E-state index is 0.216. The highest BCUT2D eigenvalue weighted by atomic mass is 32.2.